The predicted octanol–water partition coefficient (Wildman–Crippen LogP) is 3.70. The number of nitro groups is 1. The van der Waals surface area contributed by atoms with Crippen LogP contribution in [0, 0.1) is 10.1 Å². The minimum absolute atomic E-state index is 0.0238. The Hall–Kier alpha value is -2.63. The van der Waals surface area contributed by atoms with E-state index in [-0.39, 0.29) is 23.1 Å². The number of ether oxygens (including phenoxy) is 1. The number of hydrogen-bond donors (Lipinski definition) is 1. The van der Waals surface area contributed by atoms with Crippen LogP contribution in [-0.2, 0) is 0 Å². The van der Waals surface area contributed by atoms with E-state index in [4.69, 9.17) is 4.74 Å². The Bertz CT molecular complexity index is 715. The van der Waals surface area contributed by atoms with Crippen LogP contribution in [0.25, 0.3) is 0 Å². The molecule has 1 aromatic carbocycles. The van der Waals surface area contributed by atoms with Gasteiger partial charge in [-0.3, -0.25) is 10.1 Å². The van der Waals surface area contributed by atoms with Gasteiger partial charge in [-0.25, -0.2) is 4.98 Å². The smallest absolute Gasteiger partial charge is 0.311 e. The summed E-state index contributed by atoms with van der Waals surface area (Å²) in [4.78, 5) is 14.8. The van der Waals surface area contributed by atoms with Crippen molar-refractivity contribution in [1.29, 1.82) is 0 Å². The molecule has 1 aliphatic heterocycles. The van der Waals surface area contributed by atoms with E-state index < -0.39 is 4.92 Å². The molecule has 2 heterocycles. The van der Waals surface area contributed by atoms with Gasteiger partial charge in [0.1, 0.15) is 11.4 Å². The van der Waals surface area contributed by atoms with Gasteiger partial charge in [-0.05, 0) is 26.0 Å². The van der Waals surface area contributed by atoms with Crippen LogP contribution < -0.4 is 10.1 Å². The summed E-state index contributed by atoms with van der Waals surface area (Å²) >= 11 is 0. The topological polar surface area (TPSA) is 77.3 Å². The molecule has 0 spiro atoms. The van der Waals surface area contributed by atoms with Gasteiger partial charge in [-0.1, -0.05) is 18.2 Å². The SMILES string of the molecule is CC1(C)CC(Nc2ncccc2[N+](=O)[O-])c2ccccc2O1. The second kappa shape index (κ2) is 5.29. The molecule has 2 aromatic rings. The molecule has 0 aliphatic carbocycles. The highest BCUT2D eigenvalue weighted by Gasteiger charge is 2.34. The molecule has 0 saturated carbocycles. The van der Waals surface area contributed by atoms with Crippen molar-refractivity contribution in [3.63, 3.8) is 0 Å². The minimum atomic E-state index is -0.425. The average molecular weight is 299 g/mol. The van der Waals surface area contributed by atoms with E-state index in [1.54, 1.807) is 12.3 Å². The van der Waals surface area contributed by atoms with Crippen molar-refractivity contribution >= 4 is 11.5 Å². The number of aromatic nitrogens is 1. The molecule has 0 saturated heterocycles. The van der Waals surface area contributed by atoms with Crippen molar-refractivity contribution in [3.05, 3.63) is 58.3 Å². The summed E-state index contributed by atoms with van der Waals surface area (Å²) in [5, 5.41) is 14.3. The summed E-state index contributed by atoms with van der Waals surface area (Å²) in [6, 6.07) is 10.7. The van der Waals surface area contributed by atoms with Crippen molar-refractivity contribution in [2.24, 2.45) is 0 Å². The number of hydrogen-bond acceptors (Lipinski definition) is 5. The number of benzene rings is 1. The zero-order valence-corrected chi connectivity index (χ0v) is 12.4. The standard InChI is InChI=1S/C16H17N3O3/c1-16(2)10-12(11-6-3-4-8-14(11)22-16)18-15-13(19(20)21)7-5-9-17-15/h3-9,12H,10H2,1-2H3,(H,17,18). The third kappa shape index (κ3) is 2.72. The second-order valence-electron chi connectivity index (χ2n) is 5.93. The van der Waals surface area contributed by atoms with Gasteiger partial charge >= 0.3 is 5.69 Å². The maximum atomic E-state index is 11.1. The molecule has 0 amide bonds. The number of fused-ring (bicyclic) bond motifs is 1. The van der Waals surface area contributed by atoms with Crippen molar-refractivity contribution in [2.75, 3.05) is 5.32 Å². The zero-order chi connectivity index (χ0) is 15.7. The predicted molar refractivity (Wildman–Crippen MR) is 83.0 cm³/mol. The monoisotopic (exact) mass is 299 g/mol. The van der Waals surface area contributed by atoms with Crippen LogP contribution in [0.15, 0.2) is 42.6 Å². The first kappa shape index (κ1) is 14.3. The number of nitrogens with one attached hydrogen (secondary N) is 1. The summed E-state index contributed by atoms with van der Waals surface area (Å²) in [7, 11) is 0. The van der Waals surface area contributed by atoms with E-state index in [1.165, 1.54) is 6.07 Å². The maximum absolute atomic E-state index is 11.1. The summed E-state index contributed by atoms with van der Waals surface area (Å²) in [5.74, 6) is 1.08. The fraction of sp³-hybridized carbons (Fsp3) is 0.312. The molecule has 0 fully saturated rings. The van der Waals surface area contributed by atoms with Crippen LogP contribution in [0.2, 0.25) is 0 Å². The molecule has 0 bridgehead atoms. The molecule has 3 rings (SSSR count). The number of nitrogens with zero attached hydrogens (tertiary/aromatic N) is 2. The largest absolute Gasteiger partial charge is 0.487 e. The highest BCUT2D eigenvalue weighted by Crippen LogP contribution is 2.41. The lowest BCUT2D eigenvalue weighted by molar-refractivity contribution is -0.384. The molecular weight excluding hydrogens is 282 g/mol. The first-order valence-electron chi connectivity index (χ1n) is 7.10. The van der Waals surface area contributed by atoms with Crippen molar-refractivity contribution in [1.82, 2.24) is 4.98 Å². The molecular formula is C16H17N3O3. The van der Waals surface area contributed by atoms with Gasteiger partial charge in [0.25, 0.3) is 0 Å². The molecule has 1 N–H and O–H groups in total. The Kier molecular flexibility index (Phi) is 3.44. The van der Waals surface area contributed by atoms with E-state index >= 15 is 0 Å². The van der Waals surface area contributed by atoms with Crippen LogP contribution in [0.1, 0.15) is 31.9 Å². The Morgan fingerprint density at radius 3 is 2.86 bits per heavy atom. The maximum Gasteiger partial charge on any atom is 0.311 e. The van der Waals surface area contributed by atoms with E-state index in [2.05, 4.69) is 10.3 Å². The quantitative estimate of drug-likeness (QED) is 0.690. The van der Waals surface area contributed by atoms with Crippen LogP contribution >= 0.6 is 0 Å². The normalized spacial score (nSPS) is 18.9. The molecule has 1 aliphatic rings. The Balaban J connectivity index is 1.97. The van der Waals surface area contributed by atoms with Gasteiger partial charge in [-0.15, -0.1) is 0 Å². The first-order valence-corrected chi connectivity index (χ1v) is 7.10. The molecule has 22 heavy (non-hydrogen) atoms. The number of anilines is 1. The van der Waals surface area contributed by atoms with E-state index in [0.29, 0.717) is 6.42 Å². The van der Waals surface area contributed by atoms with Crippen molar-refractivity contribution in [2.45, 2.75) is 31.9 Å². The van der Waals surface area contributed by atoms with Gasteiger partial charge in [0.05, 0.1) is 11.0 Å². The minimum Gasteiger partial charge on any atom is -0.487 e. The number of rotatable bonds is 3. The Labute approximate surface area is 128 Å². The van der Waals surface area contributed by atoms with E-state index in [1.807, 2.05) is 38.1 Å². The summed E-state index contributed by atoms with van der Waals surface area (Å²) < 4.78 is 5.97. The average Bonchev–Trinajstić information content (AvgIpc) is 2.46. The van der Waals surface area contributed by atoms with Gasteiger partial charge in [0.15, 0.2) is 0 Å². The molecule has 1 unspecified atom stereocenters. The van der Waals surface area contributed by atoms with Gasteiger partial charge in [0.2, 0.25) is 5.82 Å². The van der Waals surface area contributed by atoms with Crippen LogP contribution in [0.5, 0.6) is 5.75 Å². The summed E-state index contributed by atoms with van der Waals surface area (Å²) in [6.45, 7) is 4.01. The second-order valence-corrected chi connectivity index (χ2v) is 5.93. The van der Waals surface area contributed by atoms with E-state index in [0.717, 1.165) is 11.3 Å². The molecule has 0 radical (unpaired) electrons. The fourth-order valence-corrected chi connectivity index (χ4v) is 2.75. The molecule has 1 atom stereocenters. The number of pyridine rings is 1. The Morgan fingerprint density at radius 2 is 2.09 bits per heavy atom. The van der Waals surface area contributed by atoms with Crippen LogP contribution in [-0.4, -0.2) is 15.5 Å². The molecule has 1 aromatic heterocycles. The van der Waals surface area contributed by atoms with Crippen molar-refractivity contribution < 1.29 is 9.66 Å². The highest BCUT2D eigenvalue weighted by atomic mass is 16.6. The van der Waals surface area contributed by atoms with Crippen LogP contribution in [0.3, 0.4) is 0 Å². The third-order valence-corrected chi connectivity index (χ3v) is 3.67. The van der Waals surface area contributed by atoms with E-state index in [9.17, 15) is 10.1 Å². The van der Waals surface area contributed by atoms with Gasteiger partial charge in [-0.2, -0.15) is 0 Å². The lowest BCUT2D eigenvalue weighted by Gasteiger charge is -2.38. The van der Waals surface area contributed by atoms with Crippen LogP contribution in [0.4, 0.5) is 11.5 Å². The lowest BCUT2D eigenvalue weighted by Crippen LogP contribution is -2.37. The highest BCUT2D eigenvalue weighted by molar-refractivity contribution is 5.57. The van der Waals surface area contributed by atoms with Gasteiger partial charge in [0, 0.05) is 24.2 Å². The lowest BCUT2D eigenvalue weighted by atomic mass is 9.89. The van der Waals surface area contributed by atoms with Gasteiger partial charge < -0.3 is 10.1 Å². The number of para-hydroxylation sites is 1. The molecule has 6 heteroatoms. The molecule has 114 valence electrons. The molecule has 6 nitrogen and oxygen atoms in total. The first-order chi connectivity index (χ1) is 10.5. The third-order valence-electron chi connectivity index (χ3n) is 3.67. The summed E-state index contributed by atoms with van der Waals surface area (Å²) in [5.41, 5.74) is 0.612. The fourth-order valence-electron chi connectivity index (χ4n) is 2.75. The zero-order valence-electron chi connectivity index (χ0n) is 12.4. The summed E-state index contributed by atoms with van der Waals surface area (Å²) in [6.07, 6.45) is 2.24. The van der Waals surface area contributed by atoms with Crippen molar-refractivity contribution in [3.8, 4) is 5.75 Å². The Morgan fingerprint density at radius 1 is 1.32 bits per heavy atom.